The third kappa shape index (κ3) is 6.05. The van der Waals surface area contributed by atoms with Gasteiger partial charge in [-0.15, -0.1) is 0 Å². The number of hydrogen-bond acceptors (Lipinski definition) is 2. The Morgan fingerprint density at radius 2 is 0.846 bits per heavy atom. The SMILES string of the molecule is Ic1cc(Oc2ccc(-c3ccccc3)cc2)cc(Oc2ccc(-c3ccccc3)cc2-c2ccccc2)c1. The average molecular weight is 616 g/mol. The molecule has 0 spiro atoms. The van der Waals surface area contributed by atoms with Crippen LogP contribution in [0.25, 0.3) is 33.4 Å². The molecule has 0 amide bonds. The number of ether oxygens (including phenoxy) is 2. The highest BCUT2D eigenvalue weighted by molar-refractivity contribution is 14.1. The number of halogens is 1. The molecule has 0 N–H and O–H groups in total. The molecule has 188 valence electrons. The van der Waals surface area contributed by atoms with Crippen LogP contribution in [0.15, 0.2) is 152 Å². The van der Waals surface area contributed by atoms with Gasteiger partial charge in [0, 0.05) is 15.2 Å². The molecule has 6 aromatic carbocycles. The topological polar surface area (TPSA) is 18.5 Å². The smallest absolute Gasteiger partial charge is 0.135 e. The van der Waals surface area contributed by atoms with E-state index in [1.54, 1.807) is 0 Å². The largest absolute Gasteiger partial charge is 0.457 e. The number of hydrogen-bond donors (Lipinski definition) is 0. The summed E-state index contributed by atoms with van der Waals surface area (Å²) in [6.07, 6.45) is 0. The Morgan fingerprint density at radius 3 is 1.46 bits per heavy atom. The molecule has 0 aromatic heterocycles. The Balaban J connectivity index is 1.28. The van der Waals surface area contributed by atoms with Crippen molar-refractivity contribution in [3.05, 3.63) is 155 Å². The van der Waals surface area contributed by atoms with Crippen LogP contribution < -0.4 is 9.47 Å². The van der Waals surface area contributed by atoms with E-state index in [1.165, 1.54) is 11.1 Å². The maximum atomic E-state index is 6.51. The first kappa shape index (κ1) is 25.0. The minimum atomic E-state index is 0.724. The van der Waals surface area contributed by atoms with Gasteiger partial charge in [0.15, 0.2) is 0 Å². The van der Waals surface area contributed by atoms with E-state index in [0.717, 1.165) is 48.8 Å². The van der Waals surface area contributed by atoms with Gasteiger partial charge in [0.25, 0.3) is 0 Å². The number of benzene rings is 6. The minimum absolute atomic E-state index is 0.724. The Hall–Kier alpha value is -4.35. The molecule has 0 aliphatic heterocycles. The third-order valence-electron chi connectivity index (χ3n) is 6.44. The highest BCUT2D eigenvalue weighted by Gasteiger charge is 2.12. The maximum Gasteiger partial charge on any atom is 0.135 e. The normalized spacial score (nSPS) is 10.7. The predicted molar refractivity (Wildman–Crippen MR) is 168 cm³/mol. The first-order valence-electron chi connectivity index (χ1n) is 12.8. The Bertz CT molecular complexity index is 1680. The van der Waals surface area contributed by atoms with Gasteiger partial charge in [0.05, 0.1) is 0 Å². The van der Waals surface area contributed by atoms with Crippen LogP contribution in [0.4, 0.5) is 0 Å². The summed E-state index contributed by atoms with van der Waals surface area (Å²) in [6.45, 7) is 0. The monoisotopic (exact) mass is 616 g/mol. The lowest BCUT2D eigenvalue weighted by Gasteiger charge is -2.15. The molecule has 0 fully saturated rings. The summed E-state index contributed by atoms with van der Waals surface area (Å²) in [5.41, 5.74) is 6.79. The molecule has 0 unspecified atom stereocenters. The van der Waals surface area contributed by atoms with Crippen LogP contribution in [-0.4, -0.2) is 0 Å². The van der Waals surface area contributed by atoms with Crippen LogP contribution in [-0.2, 0) is 0 Å². The number of rotatable bonds is 7. The van der Waals surface area contributed by atoms with Gasteiger partial charge in [0.1, 0.15) is 23.0 Å². The molecule has 0 heterocycles. The van der Waals surface area contributed by atoms with Crippen LogP contribution in [0.3, 0.4) is 0 Å². The summed E-state index contributed by atoms with van der Waals surface area (Å²) < 4.78 is 13.8. The Kier molecular flexibility index (Phi) is 7.41. The van der Waals surface area contributed by atoms with Crippen molar-refractivity contribution in [2.45, 2.75) is 0 Å². The van der Waals surface area contributed by atoms with Crippen molar-refractivity contribution in [3.8, 4) is 56.4 Å². The van der Waals surface area contributed by atoms with Crippen molar-refractivity contribution in [3.63, 3.8) is 0 Å². The van der Waals surface area contributed by atoms with Crippen molar-refractivity contribution in [1.82, 2.24) is 0 Å². The van der Waals surface area contributed by atoms with Gasteiger partial charge in [-0.1, -0.05) is 109 Å². The Morgan fingerprint density at radius 1 is 0.359 bits per heavy atom. The standard InChI is InChI=1S/C36H25IO2/c37-31-23-33(38-32-19-16-28(17-20-32)26-10-4-1-5-11-26)25-34(24-31)39-36-21-18-30(27-12-6-2-7-13-27)22-35(36)29-14-8-3-9-15-29/h1-25H. The molecule has 6 aromatic rings. The highest BCUT2D eigenvalue weighted by Crippen LogP contribution is 2.38. The molecule has 0 radical (unpaired) electrons. The minimum Gasteiger partial charge on any atom is -0.457 e. The lowest BCUT2D eigenvalue weighted by atomic mass is 9.98. The van der Waals surface area contributed by atoms with Gasteiger partial charge in [-0.25, -0.2) is 0 Å². The van der Waals surface area contributed by atoms with Crippen molar-refractivity contribution in [2.24, 2.45) is 0 Å². The van der Waals surface area contributed by atoms with Crippen molar-refractivity contribution >= 4 is 22.6 Å². The van der Waals surface area contributed by atoms with E-state index in [2.05, 4.69) is 108 Å². The van der Waals surface area contributed by atoms with E-state index < -0.39 is 0 Å². The fourth-order valence-electron chi connectivity index (χ4n) is 4.54. The zero-order chi connectivity index (χ0) is 26.4. The van der Waals surface area contributed by atoms with Crippen LogP contribution in [0, 0.1) is 3.57 Å². The van der Waals surface area contributed by atoms with Crippen LogP contribution in [0.5, 0.6) is 23.0 Å². The third-order valence-corrected chi connectivity index (χ3v) is 7.06. The molecular formula is C36H25IO2. The zero-order valence-corrected chi connectivity index (χ0v) is 23.3. The van der Waals surface area contributed by atoms with Crippen molar-refractivity contribution < 1.29 is 9.47 Å². The lowest BCUT2D eigenvalue weighted by Crippen LogP contribution is -1.92. The second kappa shape index (κ2) is 11.6. The van der Waals surface area contributed by atoms with E-state index in [4.69, 9.17) is 9.47 Å². The molecule has 6 rings (SSSR count). The second-order valence-electron chi connectivity index (χ2n) is 9.16. The maximum absolute atomic E-state index is 6.51. The van der Waals surface area contributed by atoms with Crippen LogP contribution in [0.1, 0.15) is 0 Å². The molecule has 0 saturated carbocycles. The summed E-state index contributed by atoms with van der Waals surface area (Å²) in [7, 11) is 0. The van der Waals surface area contributed by atoms with E-state index in [1.807, 2.05) is 66.7 Å². The molecule has 0 aliphatic rings. The van der Waals surface area contributed by atoms with Crippen LogP contribution >= 0.6 is 22.6 Å². The summed E-state index contributed by atoms with van der Waals surface area (Å²) >= 11 is 2.30. The lowest BCUT2D eigenvalue weighted by molar-refractivity contribution is 0.460. The molecule has 0 aliphatic carbocycles. The molecule has 3 heteroatoms. The van der Waals surface area contributed by atoms with Crippen LogP contribution in [0.2, 0.25) is 0 Å². The summed E-state index contributed by atoms with van der Waals surface area (Å²) in [5, 5.41) is 0. The summed E-state index contributed by atoms with van der Waals surface area (Å²) in [6, 6.07) is 51.6. The molecule has 0 atom stereocenters. The molecule has 0 bridgehead atoms. The summed E-state index contributed by atoms with van der Waals surface area (Å²) in [5.74, 6) is 3.02. The highest BCUT2D eigenvalue weighted by atomic mass is 127. The molecule has 39 heavy (non-hydrogen) atoms. The fourth-order valence-corrected chi connectivity index (χ4v) is 5.15. The Labute approximate surface area is 242 Å². The van der Waals surface area contributed by atoms with Crippen molar-refractivity contribution in [2.75, 3.05) is 0 Å². The molecule has 0 saturated heterocycles. The van der Waals surface area contributed by atoms with E-state index in [0.29, 0.717) is 0 Å². The zero-order valence-electron chi connectivity index (χ0n) is 21.1. The van der Waals surface area contributed by atoms with Gasteiger partial charge in [-0.3, -0.25) is 0 Å². The van der Waals surface area contributed by atoms with E-state index >= 15 is 0 Å². The van der Waals surface area contributed by atoms with Gasteiger partial charge < -0.3 is 9.47 Å². The van der Waals surface area contributed by atoms with Gasteiger partial charge in [0.2, 0.25) is 0 Å². The van der Waals surface area contributed by atoms with Gasteiger partial charge in [-0.05, 0) is 86.8 Å². The van der Waals surface area contributed by atoms with Gasteiger partial charge >= 0.3 is 0 Å². The first-order valence-corrected chi connectivity index (χ1v) is 13.9. The summed E-state index contributed by atoms with van der Waals surface area (Å²) in [4.78, 5) is 0. The van der Waals surface area contributed by atoms with E-state index in [-0.39, 0.29) is 0 Å². The second-order valence-corrected chi connectivity index (χ2v) is 10.4. The predicted octanol–water partition coefficient (Wildman–Crippen LogP) is 10.9. The first-order chi connectivity index (χ1) is 19.2. The molecular weight excluding hydrogens is 591 g/mol. The fraction of sp³-hybridized carbons (Fsp3) is 0. The quantitative estimate of drug-likeness (QED) is 0.166. The van der Waals surface area contributed by atoms with E-state index in [9.17, 15) is 0 Å². The average Bonchev–Trinajstić information content (AvgIpc) is 2.99. The van der Waals surface area contributed by atoms with Gasteiger partial charge in [-0.2, -0.15) is 0 Å². The van der Waals surface area contributed by atoms with Crippen molar-refractivity contribution in [1.29, 1.82) is 0 Å². The molecule has 2 nitrogen and oxygen atoms in total.